The molecular formula is C22H16F3N5O2. The van der Waals surface area contributed by atoms with E-state index < -0.39 is 17.8 Å². The smallest absolute Gasteiger partial charge is 0.307 e. The molecule has 0 atom stereocenters. The molecule has 0 aliphatic heterocycles. The number of hydrogen-bond donors (Lipinski definition) is 2. The van der Waals surface area contributed by atoms with Gasteiger partial charge in [-0.25, -0.2) is 14.8 Å². The van der Waals surface area contributed by atoms with Crippen LogP contribution in [0.1, 0.15) is 11.3 Å². The second-order valence-corrected chi connectivity index (χ2v) is 6.93. The van der Waals surface area contributed by atoms with Gasteiger partial charge in [-0.15, -0.1) is 0 Å². The average molecular weight is 439 g/mol. The van der Waals surface area contributed by atoms with E-state index in [9.17, 15) is 22.8 Å². The molecule has 7 nitrogen and oxygen atoms in total. The number of rotatable bonds is 3. The summed E-state index contributed by atoms with van der Waals surface area (Å²) in [7, 11) is 0. The summed E-state index contributed by atoms with van der Waals surface area (Å²) in [6, 6.07) is 11.9. The molecule has 3 heterocycles. The van der Waals surface area contributed by atoms with Gasteiger partial charge in [0.25, 0.3) is 5.56 Å². The fraction of sp³-hybridized carbons (Fsp3) is 0.0909. The lowest BCUT2D eigenvalue weighted by Crippen LogP contribution is -2.22. The molecule has 2 amide bonds. The van der Waals surface area contributed by atoms with E-state index in [1.165, 1.54) is 40.9 Å². The third kappa shape index (κ3) is 4.43. The van der Waals surface area contributed by atoms with E-state index in [0.717, 1.165) is 11.6 Å². The first-order chi connectivity index (χ1) is 15.2. The van der Waals surface area contributed by atoms with E-state index in [4.69, 9.17) is 0 Å². The monoisotopic (exact) mass is 439 g/mol. The van der Waals surface area contributed by atoms with Crippen molar-refractivity contribution in [3.8, 4) is 11.1 Å². The minimum Gasteiger partial charge on any atom is -0.307 e. The number of para-hydroxylation sites is 1. The maximum absolute atomic E-state index is 13.1. The predicted octanol–water partition coefficient (Wildman–Crippen LogP) is 4.73. The summed E-state index contributed by atoms with van der Waals surface area (Å²) < 4.78 is 40.6. The third-order valence-electron chi connectivity index (χ3n) is 4.61. The number of alkyl halides is 3. The summed E-state index contributed by atoms with van der Waals surface area (Å²) in [5.74, 6) is 0.154. The SMILES string of the molecule is Cc1cc(=O)n2ccc(-c3ccc(NC(=O)Nc4ccccc4C(F)(F)F)nc3)cc2n1. The second kappa shape index (κ2) is 8.14. The Hall–Kier alpha value is -4.21. The Bertz CT molecular complexity index is 1360. The van der Waals surface area contributed by atoms with Crippen molar-refractivity contribution in [3.63, 3.8) is 0 Å². The van der Waals surface area contributed by atoms with Gasteiger partial charge in [0.1, 0.15) is 11.5 Å². The first-order valence-electron chi connectivity index (χ1n) is 9.41. The summed E-state index contributed by atoms with van der Waals surface area (Å²) in [5.41, 5.74) is 1.05. The summed E-state index contributed by atoms with van der Waals surface area (Å²) in [6.07, 6.45) is -1.49. The first-order valence-corrected chi connectivity index (χ1v) is 9.41. The minimum atomic E-state index is -4.60. The fourth-order valence-electron chi connectivity index (χ4n) is 3.15. The van der Waals surface area contributed by atoms with Crippen molar-refractivity contribution in [3.05, 3.63) is 88.6 Å². The van der Waals surface area contributed by atoms with Crippen LogP contribution in [-0.4, -0.2) is 20.4 Å². The molecule has 0 saturated carbocycles. The number of benzene rings is 1. The van der Waals surface area contributed by atoms with E-state index >= 15 is 0 Å². The lowest BCUT2D eigenvalue weighted by Gasteiger charge is -2.14. The van der Waals surface area contributed by atoms with Gasteiger partial charge in [-0.3, -0.25) is 14.5 Å². The minimum absolute atomic E-state index is 0.154. The number of urea groups is 1. The van der Waals surface area contributed by atoms with Gasteiger partial charge in [-0.1, -0.05) is 12.1 Å². The van der Waals surface area contributed by atoms with E-state index in [1.807, 2.05) is 0 Å². The predicted molar refractivity (Wildman–Crippen MR) is 114 cm³/mol. The van der Waals surface area contributed by atoms with Crippen LogP contribution in [0, 0.1) is 6.92 Å². The van der Waals surface area contributed by atoms with E-state index in [1.54, 1.807) is 31.3 Å². The summed E-state index contributed by atoms with van der Waals surface area (Å²) in [6.45, 7) is 1.73. The van der Waals surface area contributed by atoms with Gasteiger partial charge >= 0.3 is 12.2 Å². The van der Waals surface area contributed by atoms with Gasteiger partial charge in [0.05, 0.1) is 11.3 Å². The molecule has 0 aliphatic carbocycles. The van der Waals surface area contributed by atoms with Gasteiger partial charge < -0.3 is 5.32 Å². The molecule has 0 unspecified atom stereocenters. The largest absolute Gasteiger partial charge is 0.418 e. The molecule has 0 bridgehead atoms. The number of amides is 2. The number of nitrogens with one attached hydrogen (secondary N) is 2. The number of pyridine rings is 2. The number of aryl methyl sites for hydroxylation is 1. The highest BCUT2D eigenvalue weighted by molar-refractivity contribution is 5.99. The average Bonchev–Trinajstić information content (AvgIpc) is 2.73. The maximum Gasteiger partial charge on any atom is 0.418 e. The number of fused-ring (bicyclic) bond motifs is 1. The third-order valence-corrected chi connectivity index (χ3v) is 4.61. The molecule has 3 aromatic heterocycles. The summed E-state index contributed by atoms with van der Waals surface area (Å²) >= 11 is 0. The molecule has 1 aromatic carbocycles. The molecule has 4 aromatic rings. The molecule has 10 heteroatoms. The molecule has 4 rings (SSSR count). The Morgan fingerprint density at radius 2 is 1.78 bits per heavy atom. The van der Waals surface area contributed by atoms with Crippen molar-refractivity contribution in [1.82, 2.24) is 14.4 Å². The Morgan fingerprint density at radius 3 is 2.50 bits per heavy atom. The standard InChI is InChI=1S/C22H16F3N5O2/c1-13-10-20(31)30-9-8-14(11-19(30)27-13)15-6-7-18(26-12-15)29-21(32)28-17-5-3-2-4-16(17)22(23,24)25/h2-12H,1H3,(H2,26,28,29,32). The van der Waals surface area contributed by atoms with Crippen molar-refractivity contribution >= 4 is 23.2 Å². The quantitative estimate of drug-likeness (QED) is 0.483. The molecular weight excluding hydrogens is 423 g/mol. The molecule has 0 saturated heterocycles. The van der Waals surface area contributed by atoms with Crippen LogP contribution >= 0.6 is 0 Å². The van der Waals surface area contributed by atoms with Crippen LogP contribution in [-0.2, 0) is 6.18 Å². The van der Waals surface area contributed by atoms with Crippen molar-refractivity contribution in [2.75, 3.05) is 10.6 Å². The lowest BCUT2D eigenvalue weighted by molar-refractivity contribution is -0.136. The first kappa shape index (κ1) is 21.0. The van der Waals surface area contributed by atoms with Crippen LogP contribution in [0.3, 0.4) is 0 Å². The van der Waals surface area contributed by atoms with Gasteiger partial charge in [0, 0.05) is 29.7 Å². The van der Waals surface area contributed by atoms with Crippen molar-refractivity contribution in [2.24, 2.45) is 0 Å². The number of carbonyl (C=O) groups excluding carboxylic acids is 1. The fourth-order valence-corrected chi connectivity index (χ4v) is 3.15. The molecule has 162 valence electrons. The van der Waals surface area contributed by atoms with Crippen molar-refractivity contribution < 1.29 is 18.0 Å². The maximum atomic E-state index is 13.1. The Balaban J connectivity index is 1.51. The lowest BCUT2D eigenvalue weighted by atomic mass is 10.1. The van der Waals surface area contributed by atoms with Gasteiger partial charge in [-0.2, -0.15) is 13.2 Å². The summed E-state index contributed by atoms with van der Waals surface area (Å²) in [5, 5.41) is 4.60. The highest BCUT2D eigenvalue weighted by Crippen LogP contribution is 2.34. The van der Waals surface area contributed by atoms with E-state index in [0.29, 0.717) is 16.9 Å². The number of nitrogens with zero attached hydrogens (tertiary/aromatic N) is 3. The number of halogens is 3. The molecule has 0 radical (unpaired) electrons. The molecule has 0 aliphatic rings. The van der Waals surface area contributed by atoms with Crippen LogP contribution in [0.2, 0.25) is 0 Å². The van der Waals surface area contributed by atoms with Gasteiger partial charge in [0.2, 0.25) is 0 Å². The van der Waals surface area contributed by atoms with E-state index in [2.05, 4.69) is 20.6 Å². The van der Waals surface area contributed by atoms with Crippen LogP contribution in [0.4, 0.5) is 29.5 Å². The normalized spacial score (nSPS) is 11.4. The molecule has 0 fully saturated rings. The van der Waals surface area contributed by atoms with Crippen LogP contribution in [0.25, 0.3) is 16.8 Å². The molecule has 0 spiro atoms. The molecule has 32 heavy (non-hydrogen) atoms. The van der Waals surface area contributed by atoms with Crippen LogP contribution in [0.15, 0.2) is 71.8 Å². The number of hydrogen-bond acceptors (Lipinski definition) is 4. The number of aromatic nitrogens is 3. The van der Waals surface area contributed by atoms with Crippen LogP contribution < -0.4 is 16.2 Å². The Morgan fingerprint density at radius 1 is 1.00 bits per heavy atom. The summed E-state index contributed by atoms with van der Waals surface area (Å²) in [4.78, 5) is 32.6. The zero-order chi connectivity index (χ0) is 22.9. The Kier molecular flexibility index (Phi) is 5.35. The highest BCUT2D eigenvalue weighted by atomic mass is 19.4. The van der Waals surface area contributed by atoms with Crippen molar-refractivity contribution in [2.45, 2.75) is 13.1 Å². The highest BCUT2D eigenvalue weighted by Gasteiger charge is 2.33. The topological polar surface area (TPSA) is 88.4 Å². The number of anilines is 2. The van der Waals surface area contributed by atoms with Crippen molar-refractivity contribution in [1.29, 1.82) is 0 Å². The zero-order valence-corrected chi connectivity index (χ0v) is 16.6. The van der Waals surface area contributed by atoms with Gasteiger partial charge in [0.15, 0.2) is 0 Å². The van der Waals surface area contributed by atoms with E-state index in [-0.39, 0.29) is 17.1 Å². The second-order valence-electron chi connectivity index (χ2n) is 6.93. The van der Waals surface area contributed by atoms with Crippen LogP contribution in [0.5, 0.6) is 0 Å². The number of carbonyl (C=O) groups is 1. The van der Waals surface area contributed by atoms with Gasteiger partial charge in [-0.05, 0) is 48.9 Å². The Labute approximate surface area is 179 Å². The molecule has 2 N–H and O–H groups in total. The zero-order valence-electron chi connectivity index (χ0n) is 16.6.